The third-order valence-corrected chi connectivity index (χ3v) is 5.17. The third kappa shape index (κ3) is 4.86. The summed E-state index contributed by atoms with van der Waals surface area (Å²) in [4.78, 5) is 27.2. The molecule has 1 heterocycles. The minimum absolute atomic E-state index is 0.0382. The fourth-order valence-electron chi connectivity index (χ4n) is 3.40. The highest BCUT2D eigenvalue weighted by molar-refractivity contribution is 6.31. The van der Waals surface area contributed by atoms with E-state index in [0.717, 1.165) is 0 Å². The maximum Gasteiger partial charge on any atom is 0.258 e. The number of hydrogen-bond donors (Lipinski definition) is 2. The van der Waals surface area contributed by atoms with Crippen molar-refractivity contribution in [3.05, 3.63) is 64.4 Å². The number of hydrogen-bond acceptors (Lipinski definition) is 4. The molecule has 2 atom stereocenters. The van der Waals surface area contributed by atoms with Crippen molar-refractivity contribution in [3.8, 4) is 5.75 Å². The molecule has 1 aliphatic rings. The summed E-state index contributed by atoms with van der Waals surface area (Å²) in [6, 6.07) is 9.53. The largest absolute Gasteiger partial charge is 0.496 e. The molecule has 0 aliphatic carbocycles. The van der Waals surface area contributed by atoms with Crippen LogP contribution in [0.2, 0.25) is 5.02 Å². The van der Waals surface area contributed by atoms with Crippen molar-refractivity contribution in [2.75, 3.05) is 20.2 Å². The molecule has 6 nitrogen and oxygen atoms in total. The van der Waals surface area contributed by atoms with Crippen LogP contribution in [0.4, 0.5) is 4.39 Å². The summed E-state index contributed by atoms with van der Waals surface area (Å²) in [7, 11) is 1.46. The Kier molecular flexibility index (Phi) is 6.71. The van der Waals surface area contributed by atoms with Crippen molar-refractivity contribution in [1.82, 2.24) is 10.2 Å². The van der Waals surface area contributed by atoms with Crippen molar-refractivity contribution < 1.29 is 23.8 Å². The SMILES string of the molecule is COc1ccc(Cl)cc1C(=O)N1CCCC1C(=O)NCC(O)c1ccc(F)cc1. The minimum Gasteiger partial charge on any atom is -0.496 e. The summed E-state index contributed by atoms with van der Waals surface area (Å²) < 4.78 is 18.2. The van der Waals surface area contributed by atoms with Gasteiger partial charge in [-0.1, -0.05) is 23.7 Å². The molecule has 0 spiro atoms. The Hall–Kier alpha value is -2.64. The van der Waals surface area contributed by atoms with Gasteiger partial charge in [0.2, 0.25) is 5.91 Å². The van der Waals surface area contributed by atoms with Gasteiger partial charge < -0.3 is 20.1 Å². The highest BCUT2D eigenvalue weighted by Crippen LogP contribution is 2.27. The first-order valence-electron chi connectivity index (χ1n) is 9.26. The van der Waals surface area contributed by atoms with Gasteiger partial charge in [0.05, 0.1) is 18.8 Å². The van der Waals surface area contributed by atoms with Gasteiger partial charge in [0.25, 0.3) is 5.91 Å². The number of nitrogens with zero attached hydrogens (tertiary/aromatic N) is 1. The van der Waals surface area contributed by atoms with Crippen LogP contribution in [0.3, 0.4) is 0 Å². The summed E-state index contributed by atoms with van der Waals surface area (Å²) >= 11 is 6.02. The summed E-state index contributed by atoms with van der Waals surface area (Å²) in [5.41, 5.74) is 0.792. The highest BCUT2D eigenvalue weighted by Gasteiger charge is 2.35. The number of amides is 2. The molecule has 2 aromatic rings. The monoisotopic (exact) mass is 420 g/mol. The fraction of sp³-hybridized carbons (Fsp3) is 0.333. The standard InChI is InChI=1S/C21H22ClFN2O4/c1-29-19-9-6-14(22)11-16(19)21(28)25-10-2-3-17(25)20(27)24-12-18(26)13-4-7-15(23)8-5-13/h4-9,11,17-18,26H,2-3,10,12H2,1H3,(H,24,27). The second kappa shape index (κ2) is 9.24. The molecular formula is C21H22ClFN2O4. The van der Waals surface area contributed by atoms with Crippen LogP contribution in [-0.4, -0.2) is 48.1 Å². The van der Waals surface area contributed by atoms with E-state index in [1.807, 2.05) is 0 Å². The lowest BCUT2D eigenvalue weighted by Crippen LogP contribution is -2.46. The quantitative estimate of drug-likeness (QED) is 0.753. The molecule has 1 fully saturated rings. The Balaban J connectivity index is 1.67. The summed E-state index contributed by atoms with van der Waals surface area (Å²) in [6.07, 6.45) is 0.235. The van der Waals surface area contributed by atoms with Crippen molar-refractivity contribution in [3.63, 3.8) is 0 Å². The van der Waals surface area contributed by atoms with E-state index in [9.17, 15) is 19.1 Å². The van der Waals surface area contributed by atoms with E-state index in [1.54, 1.807) is 12.1 Å². The van der Waals surface area contributed by atoms with Gasteiger partial charge in [-0.3, -0.25) is 9.59 Å². The molecule has 2 unspecified atom stereocenters. The van der Waals surface area contributed by atoms with Gasteiger partial charge in [0.15, 0.2) is 0 Å². The number of halogens is 2. The van der Waals surface area contributed by atoms with Crippen LogP contribution >= 0.6 is 11.6 Å². The van der Waals surface area contributed by atoms with E-state index in [4.69, 9.17) is 16.3 Å². The number of aliphatic hydroxyl groups is 1. The molecule has 0 saturated carbocycles. The molecule has 1 saturated heterocycles. The van der Waals surface area contributed by atoms with Gasteiger partial charge >= 0.3 is 0 Å². The van der Waals surface area contributed by atoms with Gasteiger partial charge in [-0.2, -0.15) is 0 Å². The minimum atomic E-state index is -0.974. The smallest absolute Gasteiger partial charge is 0.258 e. The second-order valence-corrected chi connectivity index (χ2v) is 7.25. The third-order valence-electron chi connectivity index (χ3n) is 4.93. The summed E-state index contributed by atoms with van der Waals surface area (Å²) in [5, 5.41) is 13.3. The zero-order valence-corrected chi connectivity index (χ0v) is 16.7. The number of benzene rings is 2. The van der Waals surface area contributed by atoms with E-state index in [-0.39, 0.29) is 18.4 Å². The summed E-state index contributed by atoms with van der Waals surface area (Å²) in [6.45, 7) is 0.399. The Labute approximate surface area is 173 Å². The van der Waals surface area contributed by atoms with Crippen molar-refractivity contribution >= 4 is 23.4 Å². The lowest BCUT2D eigenvalue weighted by Gasteiger charge is -2.25. The van der Waals surface area contributed by atoms with Crippen LogP contribution < -0.4 is 10.1 Å². The average Bonchev–Trinajstić information content (AvgIpc) is 3.21. The molecule has 1 aliphatic heterocycles. The fourth-order valence-corrected chi connectivity index (χ4v) is 3.57. The van der Waals surface area contributed by atoms with Gasteiger partial charge in [0, 0.05) is 18.1 Å². The number of carbonyl (C=O) groups is 2. The molecular weight excluding hydrogens is 399 g/mol. The van der Waals surface area contributed by atoms with Gasteiger partial charge in [-0.15, -0.1) is 0 Å². The predicted octanol–water partition coefficient (Wildman–Crippen LogP) is 2.94. The predicted molar refractivity (Wildman–Crippen MR) is 106 cm³/mol. The number of aliphatic hydroxyl groups excluding tert-OH is 1. The highest BCUT2D eigenvalue weighted by atomic mass is 35.5. The molecule has 8 heteroatoms. The van der Waals surface area contributed by atoms with Crippen molar-refractivity contribution in [1.29, 1.82) is 0 Å². The maximum absolute atomic E-state index is 13.0. The van der Waals surface area contributed by atoms with Crippen LogP contribution in [0.15, 0.2) is 42.5 Å². The number of carbonyl (C=O) groups excluding carboxylic acids is 2. The van der Waals surface area contributed by atoms with Gasteiger partial charge in [0.1, 0.15) is 17.6 Å². The van der Waals surface area contributed by atoms with E-state index >= 15 is 0 Å². The van der Waals surface area contributed by atoms with E-state index < -0.39 is 18.0 Å². The lowest BCUT2D eigenvalue weighted by molar-refractivity contribution is -0.125. The van der Waals surface area contributed by atoms with Crippen LogP contribution in [0.25, 0.3) is 0 Å². The first kappa shape index (κ1) is 21.1. The maximum atomic E-state index is 13.0. The van der Waals surface area contributed by atoms with Gasteiger partial charge in [-0.25, -0.2) is 4.39 Å². The first-order chi connectivity index (χ1) is 13.9. The topological polar surface area (TPSA) is 78.9 Å². The van der Waals surface area contributed by atoms with Crippen molar-refractivity contribution in [2.45, 2.75) is 25.0 Å². The Bertz CT molecular complexity index is 891. The molecule has 0 radical (unpaired) electrons. The molecule has 29 heavy (non-hydrogen) atoms. The van der Waals surface area contributed by atoms with Crippen LogP contribution in [0, 0.1) is 5.82 Å². The molecule has 0 aromatic heterocycles. The number of rotatable bonds is 6. The zero-order chi connectivity index (χ0) is 21.0. The van der Waals surface area contributed by atoms with Crippen LogP contribution in [0.5, 0.6) is 5.75 Å². The molecule has 2 N–H and O–H groups in total. The number of methoxy groups -OCH3 is 1. The van der Waals surface area contributed by atoms with E-state index in [0.29, 0.717) is 41.3 Å². The molecule has 0 bridgehead atoms. The summed E-state index contributed by atoms with van der Waals surface area (Å²) in [5.74, 6) is -0.696. The second-order valence-electron chi connectivity index (χ2n) is 6.81. The molecule has 2 aromatic carbocycles. The Morgan fingerprint density at radius 2 is 2.03 bits per heavy atom. The van der Waals surface area contributed by atoms with Crippen molar-refractivity contribution in [2.24, 2.45) is 0 Å². The molecule has 3 rings (SSSR count). The first-order valence-corrected chi connectivity index (χ1v) is 9.64. The number of ether oxygens (including phenoxy) is 1. The number of nitrogens with one attached hydrogen (secondary N) is 1. The normalized spacial score (nSPS) is 17.1. The Morgan fingerprint density at radius 1 is 1.31 bits per heavy atom. The van der Waals surface area contributed by atoms with Crippen LogP contribution in [-0.2, 0) is 4.79 Å². The Morgan fingerprint density at radius 3 is 2.72 bits per heavy atom. The number of likely N-dealkylation sites (tertiary alicyclic amines) is 1. The van der Waals surface area contributed by atoms with E-state index in [1.165, 1.54) is 42.3 Å². The van der Waals surface area contributed by atoms with E-state index in [2.05, 4.69) is 5.32 Å². The lowest BCUT2D eigenvalue weighted by atomic mass is 10.1. The van der Waals surface area contributed by atoms with Gasteiger partial charge in [-0.05, 0) is 48.7 Å². The molecule has 154 valence electrons. The molecule has 2 amide bonds. The van der Waals surface area contributed by atoms with Crippen LogP contribution in [0.1, 0.15) is 34.9 Å². The zero-order valence-electron chi connectivity index (χ0n) is 15.9. The average molecular weight is 421 g/mol.